The molecule has 1 aromatic rings. The first-order chi connectivity index (χ1) is 9.97. The van der Waals surface area contributed by atoms with Crippen LogP contribution in [-0.4, -0.2) is 37.2 Å². The second-order valence-corrected chi connectivity index (χ2v) is 4.89. The molecule has 0 aromatic carbocycles. The monoisotopic (exact) mass is 324 g/mol. The number of guanidine groups is 1. The van der Waals surface area contributed by atoms with Crippen molar-refractivity contribution < 1.29 is 17.9 Å². The Morgan fingerprint density at radius 2 is 2.14 bits per heavy atom. The molecule has 0 saturated carbocycles. The van der Waals surface area contributed by atoms with Crippen molar-refractivity contribution in [1.29, 1.82) is 0 Å². The van der Waals surface area contributed by atoms with Crippen molar-refractivity contribution >= 4 is 17.3 Å². The van der Waals surface area contributed by atoms with Crippen LogP contribution in [0.3, 0.4) is 0 Å². The molecule has 5 nitrogen and oxygen atoms in total. The topological polar surface area (TPSA) is 58.5 Å². The van der Waals surface area contributed by atoms with Gasteiger partial charge in [0.05, 0.1) is 13.2 Å². The molecule has 0 aliphatic heterocycles. The lowest BCUT2D eigenvalue weighted by molar-refractivity contribution is -0.140. The Kier molecular flexibility index (Phi) is 7.44. The van der Waals surface area contributed by atoms with Crippen LogP contribution < -0.4 is 10.6 Å². The molecule has 0 unspecified atom stereocenters. The van der Waals surface area contributed by atoms with Crippen molar-refractivity contribution in [3.8, 4) is 0 Å². The van der Waals surface area contributed by atoms with Gasteiger partial charge in [-0.05, 0) is 13.8 Å². The first-order valence-corrected chi connectivity index (χ1v) is 7.46. The highest BCUT2D eigenvalue weighted by atomic mass is 32.1. The Morgan fingerprint density at radius 1 is 1.38 bits per heavy atom. The fraction of sp³-hybridized carbons (Fsp3) is 0.667. The Hall–Kier alpha value is -1.35. The lowest BCUT2D eigenvalue weighted by atomic mass is 10.5. The van der Waals surface area contributed by atoms with E-state index in [1.165, 1.54) is 0 Å². The first-order valence-electron chi connectivity index (χ1n) is 6.58. The first kappa shape index (κ1) is 17.7. The van der Waals surface area contributed by atoms with Crippen molar-refractivity contribution in [3.05, 3.63) is 16.1 Å². The molecule has 0 atom stereocenters. The molecular weight excluding hydrogens is 305 g/mol. The Morgan fingerprint density at radius 3 is 2.71 bits per heavy atom. The smallest absolute Gasteiger partial charge is 0.380 e. The third kappa shape index (κ3) is 6.76. The quantitative estimate of drug-likeness (QED) is 0.459. The van der Waals surface area contributed by atoms with Gasteiger partial charge in [-0.15, -0.1) is 11.3 Å². The average molecular weight is 324 g/mol. The molecule has 0 aliphatic carbocycles. The second kappa shape index (κ2) is 8.83. The van der Waals surface area contributed by atoms with Crippen molar-refractivity contribution in [2.45, 2.75) is 26.6 Å². The van der Waals surface area contributed by atoms with E-state index in [-0.39, 0.29) is 6.54 Å². The van der Waals surface area contributed by atoms with E-state index in [1.54, 1.807) is 0 Å². The minimum atomic E-state index is -4.40. The van der Waals surface area contributed by atoms with Crippen LogP contribution in [0.5, 0.6) is 0 Å². The molecule has 0 radical (unpaired) electrons. The van der Waals surface area contributed by atoms with E-state index in [1.807, 2.05) is 13.8 Å². The van der Waals surface area contributed by atoms with Gasteiger partial charge in [-0.25, -0.2) is 9.98 Å². The summed E-state index contributed by atoms with van der Waals surface area (Å²) in [6, 6.07) is 0. The van der Waals surface area contributed by atoms with Crippen LogP contribution in [0.1, 0.15) is 24.5 Å². The van der Waals surface area contributed by atoms with Crippen LogP contribution in [0.4, 0.5) is 13.2 Å². The van der Waals surface area contributed by atoms with Gasteiger partial charge in [0.2, 0.25) is 0 Å². The number of halogens is 3. The summed E-state index contributed by atoms with van der Waals surface area (Å²) < 4.78 is 42.5. The van der Waals surface area contributed by atoms with Gasteiger partial charge in [0, 0.05) is 25.1 Å². The molecule has 0 bridgehead atoms. The third-order valence-corrected chi connectivity index (χ3v) is 3.14. The van der Waals surface area contributed by atoms with Crippen molar-refractivity contribution in [3.63, 3.8) is 0 Å². The van der Waals surface area contributed by atoms with Crippen LogP contribution in [-0.2, 0) is 17.5 Å². The molecule has 1 aromatic heterocycles. The molecule has 120 valence electrons. The average Bonchev–Trinajstić information content (AvgIpc) is 2.89. The van der Waals surface area contributed by atoms with Gasteiger partial charge in [0.25, 0.3) is 0 Å². The summed E-state index contributed by atoms with van der Waals surface area (Å²) in [4.78, 5) is 7.73. The summed E-state index contributed by atoms with van der Waals surface area (Å²) in [6.45, 7) is 6.32. The number of nitrogens with zero attached hydrogens (tertiary/aromatic N) is 2. The van der Waals surface area contributed by atoms with Crippen LogP contribution >= 0.6 is 11.3 Å². The molecule has 1 heterocycles. The van der Waals surface area contributed by atoms with E-state index in [4.69, 9.17) is 4.74 Å². The van der Waals surface area contributed by atoms with E-state index in [0.717, 1.165) is 16.7 Å². The van der Waals surface area contributed by atoms with Crippen LogP contribution in [0.25, 0.3) is 0 Å². The van der Waals surface area contributed by atoms with Crippen molar-refractivity contribution in [2.75, 3.05) is 26.3 Å². The highest BCUT2D eigenvalue weighted by Crippen LogP contribution is 2.30. The number of thiazole rings is 1. The van der Waals surface area contributed by atoms with Gasteiger partial charge >= 0.3 is 6.18 Å². The standard InChI is InChI=1S/C12H19F3N4OS/c1-3-16-11(17-5-6-20-4-2)18-7-10-19-9(8-21-10)12(13,14)15/h8H,3-7H2,1-2H3,(H2,16,17,18). The number of nitrogens with one attached hydrogen (secondary N) is 2. The predicted octanol–water partition coefficient (Wildman–Crippen LogP) is 2.25. The molecule has 0 amide bonds. The zero-order valence-corrected chi connectivity index (χ0v) is 12.8. The summed E-state index contributed by atoms with van der Waals surface area (Å²) >= 11 is 0.950. The van der Waals surface area contributed by atoms with Crippen LogP contribution in [0.2, 0.25) is 0 Å². The Balaban J connectivity index is 2.54. The highest BCUT2D eigenvalue weighted by molar-refractivity contribution is 7.09. The molecule has 1 rings (SSSR count). The summed E-state index contributed by atoms with van der Waals surface area (Å²) in [5.74, 6) is 0.529. The van der Waals surface area contributed by atoms with Gasteiger partial charge < -0.3 is 15.4 Å². The minimum Gasteiger partial charge on any atom is -0.380 e. The number of rotatable bonds is 7. The third-order valence-electron chi connectivity index (χ3n) is 2.30. The minimum absolute atomic E-state index is 0.102. The zero-order valence-electron chi connectivity index (χ0n) is 12.0. The molecule has 9 heteroatoms. The summed E-state index contributed by atoms with van der Waals surface area (Å²) in [7, 11) is 0. The van der Waals surface area contributed by atoms with E-state index < -0.39 is 11.9 Å². The summed E-state index contributed by atoms with van der Waals surface area (Å²) in [5.41, 5.74) is -0.869. The fourth-order valence-electron chi connectivity index (χ4n) is 1.39. The molecule has 0 saturated heterocycles. The molecule has 0 fully saturated rings. The predicted molar refractivity (Wildman–Crippen MR) is 76.4 cm³/mol. The Labute approximate surface area is 125 Å². The van der Waals surface area contributed by atoms with E-state index in [0.29, 0.717) is 37.3 Å². The van der Waals surface area contributed by atoms with Gasteiger partial charge in [0.1, 0.15) is 5.01 Å². The maximum absolute atomic E-state index is 12.4. The Bertz CT molecular complexity index is 448. The SMILES string of the molecule is CCNC(=NCc1nc(C(F)(F)F)cs1)NCCOCC. The normalized spacial score (nSPS) is 12.5. The van der Waals surface area contributed by atoms with E-state index in [9.17, 15) is 13.2 Å². The maximum Gasteiger partial charge on any atom is 0.434 e. The maximum atomic E-state index is 12.4. The lowest BCUT2D eigenvalue weighted by Gasteiger charge is -2.10. The number of ether oxygens (including phenoxy) is 1. The molecule has 0 aliphatic rings. The van der Waals surface area contributed by atoms with E-state index >= 15 is 0 Å². The van der Waals surface area contributed by atoms with Gasteiger partial charge in [0.15, 0.2) is 11.7 Å². The second-order valence-electron chi connectivity index (χ2n) is 3.94. The zero-order chi connectivity index (χ0) is 15.7. The van der Waals surface area contributed by atoms with Crippen molar-refractivity contribution in [2.24, 2.45) is 4.99 Å². The van der Waals surface area contributed by atoms with E-state index in [2.05, 4.69) is 20.6 Å². The van der Waals surface area contributed by atoms with Crippen molar-refractivity contribution in [1.82, 2.24) is 15.6 Å². The summed E-state index contributed by atoms with van der Waals surface area (Å²) in [6.07, 6.45) is -4.40. The number of hydrogen-bond acceptors (Lipinski definition) is 4. The number of hydrogen-bond donors (Lipinski definition) is 2. The van der Waals surface area contributed by atoms with Gasteiger partial charge in [-0.1, -0.05) is 0 Å². The molecular formula is C12H19F3N4OS. The number of alkyl halides is 3. The summed E-state index contributed by atoms with van der Waals surface area (Å²) in [5, 5.41) is 7.36. The molecule has 0 spiro atoms. The number of aliphatic imine (C=N–C) groups is 1. The number of aromatic nitrogens is 1. The lowest BCUT2D eigenvalue weighted by Crippen LogP contribution is -2.39. The van der Waals surface area contributed by atoms with Gasteiger partial charge in [-0.3, -0.25) is 0 Å². The largest absolute Gasteiger partial charge is 0.434 e. The van der Waals surface area contributed by atoms with Gasteiger partial charge in [-0.2, -0.15) is 13.2 Å². The van der Waals surface area contributed by atoms with Crippen LogP contribution in [0.15, 0.2) is 10.4 Å². The fourth-order valence-corrected chi connectivity index (χ4v) is 2.11. The van der Waals surface area contributed by atoms with Crippen LogP contribution in [0, 0.1) is 0 Å². The molecule has 2 N–H and O–H groups in total. The molecule has 21 heavy (non-hydrogen) atoms. The highest BCUT2D eigenvalue weighted by Gasteiger charge is 2.33.